The Morgan fingerprint density at radius 3 is 2.60 bits per heavy atom. The zero-order valence-corrected chi connectivity index (χ0v) is 8.30. The summed E-state index contributed by atoms with van der Waals surface area (Å²) < 4.78 is 0.237. The molecule has 0 aromatic rings. The van der Waals surface area contributed by atoms with E-state index in [1.165, 1.54) is 25.7 Å². The minimum absolute atomic E-state index is 0.237. The molecule has 1 aliphatic rings. The lowest BCUT2D eigenvalue weighted by Gasteiger charge is -2.37. The molecular weight excluding hydrogens is 160 g/mol. The Bertz CT molecular complexity index is 114. The van der Waals surface area contributed by atoms with Crippen molar-refractivity contribution in [3.8, 4) is 0 Å². The first-order chi connectivity index (χ1) is 4.69. The van der Waals surface area contributed by atoms with Crippen molar-refractivity contribution >= 4 is 25.3 Å². The molecule has 0 aromatic carbocycles. The first-order valence-corrected chi connectivity index (χ1v) is 5.06. The topological polar surface area (TPSA) is 0 Å². The molecule has 0 spiro atoms. The Hall–Kier alpha value is 0.700. The van der Waals surface area contributed by atoms with Gasteiger partial charge >= 0.3 is 0 Å². The Labute approximate surface area is 74.6 Å². The van der Waals surface area contributed by atoms with Gasteiger partial charge in [-0.05, 0) is 19.3 Å². The number of thiol groups is 2. The third-order valence-corrected chi connectivity index (χ3v) is 4.38. The summed E-state index contributed by atoms with van der Waals surface area (Å²) in [6, 6.07) is 0. The molecule has 1 rings (SSSR count). The van der Waals surface area contributed by atoms with Crippen LogP contribution in [0.3, 0.4) is 0 Å². The Balaban J connectivity index is 2.54. The highest BCUT2D eigenvalue weighted by Crippen LogP contribution is 2.39. The van der Waals surface area contributed by atoms with Gasteiger partial charge in [-0.2, -0.15) is 25.3 Å². The van der Waals surface area contributed by atoms with Crippen LogP contribution in [-0.2, 0) is 0 Å². The number of rotatable bonds is 1. The van der Waals surface area contributed by atoms with Crippen LogP contribution in [0.4, 0.5) is 0 Å². The average molecular weight is 176 g/mol. The molecule has 0 aliphatic heterocycles. The lowest BCUT2D eigenvalue weighted by Crippen LogP contribution is -2.35. The van der Waals surface area contributed by atoms with Crippen molar-refractivity contribution in [2.24, 2.45) is 0 Å². The monoisotopic (exact) mass is 176 g/mol. The Kier molecular flexibility index (Phi) is 2.99. The molecule has 2 atom stereocenters. The second-order valence-corrected chi connectivity index (χ2v) is 4.73. The van der Waals surface area contributed by atoms with Crippen LogP contribution in [0.15, 0.2) is 0 Å². The van der Waals surface area contributed by atoms with Gasteiger partial charge in [0.2, 0.25) is 0 Å². The minimum atomic E-state index is 0.237. The van der Waals surface area contributed by atoms with E-state index in [-0.39, 0.29) is 4.75 Å². The highest BCUT2D eigenvalue weighted by Gasteiger charge is 2.33. The van der Waals surface area contributed by atoms with Crippen molar-refractivity contribution in [2.45, 2.75) is 49.0 Å². The van der Waals surface area contributed by atoms with E-state index in [1.54, 1.807) is 0 Å². The predicted molar refractivity (Wildman–Crippen MR) is 53.3 cm³/mol. The fourth-order valence-electron chi connectivity index (χ4n) is 1.62. The molecule has 0 saturated heterocycles. The first kappa shape index (κ1) is 8.79. The highest BCUT2D eigenvalue weighted by molar-refractivity contribution is 7.85. The molecule has 0 aromatic heterocycles. The van der Waals surface area contributed by atoms with E-state index in [0.717, 1.165) is 6.42 Å². The molecule has 0 radical (unpaired) electrons. The maximum atomic E-state index is 4.67. The molecule has 0 bridgehead atoms. The molecule has 0 heterocycles. The van der Waals surface area contributed by atoms with Crippen LogP contribution < -0.4 is 0 Å². The van der Waals surface area contributed by atoms with E-state index in [4.69, 9.17) is 0 Å². The van der Waals surface area contributed by atoms with Gasteiger partial charge in [0.25, 0.3) is 0 Å². The van der Waals surface area contributed by atoms with Crippen molar-refractivity contribution in [1.29, 1.82) is 0 Å². The van der Waals surface area contributed by atoms with Crippen LogP contribution in [0.2, 0.25) is 0 Å². The largest absolute Gasteiger partial charge is 0.174 e. The quantitative estimate of drug-likeness (QED) is 0.564. The molecule has 0 N–H and O–H groups in total. The van der Waals surface area contributed by atoms with E-state index in [0.29, 0.717) is 5.25 Å². The van der Waals surface area contributed by atoms with Crippen LogP contribution in [-0.4, -0.2) is 10.00 Å². The van der Waals surface area contributed by atoms with Crippen LogP contribution in [0, 0.1) is 0 Å². The molecule has 2 heteroatoms. The van der Waals surface area contributed by atoms with E-state index in [9.17, 15) is 0 Å². The van der Waals surface area contributed by atoms with Gasteiger partial charge in [-0.25, -0.2) is 0 Å². The summed E-state index contributed by atoms with van der Waals surface area (Å²) in [6.45, 7) is 2.21. The normalized spacial score (nSPS) is 41.7. The summed E-state index contributed by atoms with van der Waals surface area (Å²) in [7, 11) is 0. The third kappa shape index (κ3) is 1.65. The van der Waals surface area contributed by atoms with Crippen molar-refractivity contribution in [1.82, 2.24) is 0 Å². The molecule has 60 valence electrons. The molecule has 0 nitrogen and oxygen atoms in total. The number of hydrogen-bond donors (Lipinski definition) is 2. The summed E-state index contributed by atoms with van der Waals surface area (Å²) in [4.78, 5) is 0. The molecular formula is C8H16S2. The second kappa shape index (κ2) is 3.40. The highest BCUT2D eigenvalue weighted by atomic mass is 32.1. The van der Waals surface area contributed by atoms with Crippen molar-refractivity contribution in [3.05, 3.63) is 0 Å². The van der Waals surface area contributed by atoms with Crippen LogP contribution in [0.25, 0.3) is 0 Å². The lowest BCUT2D eigenvalue weighted by molar-refractivity contribution is 0.404. The van der Waals surface area contributed by atoms with Crippen LogP contribution >= 0.6 is 25.3 Å². The predicted octanol–water partition coefficient (Wildman–Crippen LogP) is 2.94. The van der Waals surface area contributed by atoms with Gasteiger partial charge in [-0.3, -0.25) is 0 Å². The van der Waals surface area contributed by atoms with Gasteiger partial charge in [-0.1, -0.05) is 19.8 Å². The maximum Gasteiger partial charge on any atom is 0.0243 e. The van der Waals surface area contributed by atoms with Gasteiger partial charge in [0.1, 0.15) is 0 Å². The molecule has 2 unspecified atom stereocenters. The summed E-state index contributed by atoms with van der Waals surface area (Å²) in [6.07, 6.45) is 6.34. The fourth-order valence-corrected chi connectivity index (χ4v) is 2.40. The van der Waals surface area contributed by atoms with Gasteiger partial charge in [-0.15, -0.1) is 0 Å². The lowest BCUT2D eigenvalue weighted by atomic mass is 9.86. The third-order valence-electron chi connectivity index (χ3n) is 2.57. The summed E-state index contributed by atoms with van der Waals surface area (Å²) in [5.41, 5.74) is 0. The van der Waals surface area contributed by atoms with E-state index < -0.39 is 0 Å². The first-order valence-electron chi connectivity index (χ1n) is 4.09. The molecule has 0 amide bonds. The number of hydrogen-bond acceptors (Lipinski definition) is 2. The average Bonchev–Trinajstić information content (AvgIpc) is 1.96. The van der Waals surface area contributed by atoms with Crippen LogP contribution in [0.5, 0.6) is 0 Å². The van der Waals surface area contributed by atoms with Crippen LogP contribution in [0.1, 0.15) is 39.0 Å². The van der Waals surface area contributed by atoms with E-state index in [2.05, 4.69) is 32.2 Å². The molecule has 10 heavy (non-hydrogen) atoms. The van der Waals surface area contributed by atoms with Gasteiger partial charge in [0.05, 0.1) is 0 Å². The van der Waals surface area contributed by atoms with Gasteiger partial charge in [0, 0.05) is 10.00 Å². The SMILES string of the molecule is CCC1(S)CCCCC1S. The van der Waals surface area contributed by atoms with Crippen molar-refractivity contribution in [2.75, 3.05) is 0 Å². The Morgan fingerprint density at radius 2 is 2.20 bits per heavy atom. The van der Waals surface area contributed by atoms with Gasteiger partial charge < -0.3 is 0 Å². The minimum Gasteiger partial charge on any atom is -0.174 e. The zero-order chi connectivity index (χ0) is 7.61. The maximum absolute atomic E-state index is 4.67. The summed E-state index contributed by atoms with van der Waals surface area (Å²) in [5.74, 6) is 0. The zero-order valence-electron chi connectivity index (χ0n) is 6.51. The smallest absolute Gasteiger partial charge is 0.0243 e. The summed E-state index contributed by atoms with van der Waals surface area (Å²) >= 11 is 9.21. The molecule has 1 aliphatic carbocycles. The molecule has 1 fully saturated rings. The van der Waals surface area contributed by atoms with E-state index >= 15 is 0 Å². The summed E-state index contributed by atoms with van der Waals surface area (Å²) in [5, 5.41) is 0.523. The second-order valence-electron chi connectivity index (χ2n) is 3.22. The van der Waals surface area contributed by atoms with Crippen molar-refractivity contribution in [3.63, 3.8) is 0 Å². The molecule has 1 saturated carbocycles. The fraction of sp³-hybridized carbons (Fsp3) is 1.00. The van der Waals surface area contributed by atoms with Crippen molar-refractivity contribution < 1.29 is 0 Å². The van der Waals surface area contributed by atoms with Gasteiger partial charge in [0.15, 0.2) is 0 Å². The standard InChI is InChI=1S/C8H16S2/c1-2-8(10)6-4-3-5-7(8)9/h7,9-10H,2-6H2,1H3. The van der Waals surface area contributed by atoms with E-state index in [1.807, 2.05) is 0 Å². The Morgan fingerprint density at radius 1 is 1.50 bits per heavy atom.